The van der Waals surface area contributed by atoms with Crippen LogP contribution in [0.15, 0.2) is 60.7 Å². The van der Waals surface area contributed by atoms with Crippen LogP contribution >= 0.6 is 0 Å². The highest BCUT2D eigenvalue weighted by Crippen LogP contribution is 2.18. The summed E-state index contributed by atoms with van der Waals surface area (Å²) in [4.78, 5) is 0. The molecular weight excluding hydrogens is 206 g/mol. The molecule has 88 valence electrons. The first kappa shape index (κ1) is 11.9. The predicted molar refractivity (Wildman–Crippen MR) is 72.8 cm³/mol. The molecule has 0 radical (unpaired) electrons. The van der Waals surface area contributed by atoms with Gasteiger partial charge in [0.15, 0.2) is 0 Å². The van der Waals surface area contributed by atoms with Gasteiger partial charge in [0.05, 0.1) is 0 Å². The van der Waals surface area contributed by atoms with Gasteiger partial charge in [-0.2, -0.15) is 0 Å². The molecule has 2 rings (SSSR count). The van der Waals surface area contributed by atoms with Gasteiger partial charge in [-0.3, -0.25) is 0 Å². The van der Waals surface area contributed by atoms with Crippen molar-refractivity contribution in [3.8, 4) is 0 Å². The van der Waals surface area contributed by atoms with Gasteiger partial charge in [0.25, 0.3) is 0 Å². The topological polar surface area (TPSA) is 12.0 Å². The van der Waals surface area contributed by atoms with Crippen LogP contribution in [-0.4, -0.2) is 0 Å². The molecule has 1 unspecified atom stereocenters. The standard InChI is InChI=1S/C16H19N/c1-13(15-9-5-3-6-10-15)17-14(2)16-11-7-4-8-12-16/h3-14,17H,1-2H3/t13-,14?/m0/s1. The highest BCUT2D eigenvalue weighted by atomic mass is 14.9. The Morgan fingerprint density at radius 1 is 0.647 bits per heavy atom. The molecule has 0 saturated carbocycles. The third-order valence-corrected chi connectivity index (χ3v) is 3.10. The number of hydrogen-bond donors (Lipinski definition) is 1. The van der Waals surface area contributed by atoms with Gasteiger partial charge >= 0.3 is 0 Å². The van der Waals surface area contributed by atoms with Crippen LogP contribution in [0.25, 0.3) is 0 Å². The second kappa shape index (κ2) is 5.65. The maximum atomic E-state index is 3.61. The van der Waals surface area contributed by atoms with Gasteiger partial charge in [-0.05, 0) is 25.0 Å². The van der Waals surface area contributed by atoms with Gasteiger partial charge in [-0.15, -0.1) is 0 Å². The molecule has 0 amide bonds. The molecular formula is C16H19N. The minimum Gasteiger partial charge on any atom is -0.304 e. The first-order valence-electron chi connectivity index (χ1n) is 6.13. The van der Waals surface area contributed by atoms with E-state index in [0.717, 1.165) is 0 Å². The Labute approximate surface area is 103 Å². The lowest BCUT2D eigenvalue weighted by Crippen LogP contribution is -2.22. The molecule has 0 spiro atoms. The molecule has 0 aliphatic heterocycles. The van der Waals surface area contributed by atoms with E-state index in [4.69, 9.17) is 0 Å². The zero-order valence-electron chi connectivity index (χ0n) is 10.4. The lowest BCUT2D eigenvalue weighted by Gasteiger charge is -2.20. The maximum Gasteiger partial charge on any atom is 0.0297 e. The third kappa shape index (κ3) is 3.18. The Morgan fingerprint density at radius 2 is 1.00 bits per heavy atom. The first-order valence-corrected chi connectivity index (χ1v) is 6.13. The van der Waals surface area contributed by atoms with Gasteiger partial charge in [-0.1, -0.05) is 60.7 Å². The van der Waals surface area contributed by atoms with Crippen molar-refractivity contribution in [1.29, 1.82) is 0 Å². The number of rotatable bonds is 4. The van der Waals surface area contributed by atoms with E-state index in [1.54, 1.807) is 0 Å². The average Bonchev–Trinajstić information content (AvgIpc) is 2.40. The zero-order valence-corrected chi connectivity index (χ0v) is 10.4. The summed E-state index contributed by atoms with van der Waals surface area (Å²) >= 11 is 0. The van der Waals surface area contributed by atoms with E-state index in [0.29, 0.717) is 12.1 Å². The molecule has 2 aromatic carbocycles. The van der Waals surface area contributed by atoms with E-state index in [1.165, 1.54) is 11.1 Å². The average molecular weight is 225 g/mol. The fraction of sp³-hybridized carbons (Fsp3) is 0.250. The molecule has 0 saturated heterocycles. The van der Waals surface area contributed by atoms with Crippen molar-refractivity contribution in [2.24, 2.45) is 0 Å². The summed E-state index contributed by atoms with van der Waals surface area (Å²) in [5.41, 5.74) is 2.66. The summed E-state index contributed by atoms with van der Waals surface area (Å²) < 4.78 is 0. The lowest BCUT2D eigenvalue weighted by atomic mass is 10.0. The van der Waals surface area contributed by atoms with Crippen LogP contribution in [0.5, 0.6) is 0 Å². The highest BCUT2D eigenvalue weighted by Gasteiger charge is 2.09. The van der Waals surface area contributed by atoms with Crippen molar-refractivity contribution in [2.45, 2.75) is 25.9 Å². The highest BCUT2D eigenvalue weighted by molar-refractivity contribution is 5.21. The Hall–Kier alpha value is -1.60. The third-order valence-electron chi connectivity index (χ3n) is 3.10. The summed E-state index contributed by atoms with van der Waals surface area (Å²) in [6, 6.07) is 21.8. The molecule has 0 aliphatic rings. The van der Waals surface area contributed by atoms with Crippen molar-refractivity contribution >= 4 is 0 Å². The van der Waals surface area contributed by atoms with E-state index < -0.39 is 0 Å². The number of nitrogens with one attached hydrogen (secondary N) is 1. The summed E-state index contributed by atoms with van der Waals surface area (Å²) in [5.74, 6) is 0. The van der Waals surface area contributed by atoms with E-state index in [2.05, 4.69) is 79.8 Å². The van der Waals surface area contributed by atoms with Gasteiger partial charge in [-0.25, -0.2) is 0 Å². The normalized spacial score (nSPS) is 14.2. The molecule has 2 atom stereocenters. The van der Waals surface area contributed by atoms with Crippen LogP contribution < -0.4 is 5.32 Å². The summed E-state index contributed by atoms with van der Waals surface area (Å²) in [7, 11) is 0. The monoisotopic (exact) mass is 225 g/mol. The Kier molecular flexibility index (Phi) is 3.94. The van der Waals surface area contributed by atoms with Crippen LogP contribution in [0, 0.1) is 0 Å². The van der Waals surface area contributed by atoms with Gasteiger partial charge in [0.2, 0.25) is 0 Å². The molecule has 0 aliphatic carbocycles. The molecule has 17 heavy (non-hydrogen) atoms. The van der Waals surface area contributed by atoms with Gasteiger partial charge < -0.3 is 5.32 Å². The fourth-order valence-corrected chi connectivity index (χ4v) is 2.05. The van der Waals surface area contributed by atoms with E-state index in [9.17, 15) is 0 Å². The summed E-state index contributed by atoms with van der Waals surface area (Å²) in [5, 5.41) is 3.61. The lowest BCUT2D eigenvalue weighted by molar-refractivity contribution is 0.495. The van der Waals surface area contributed by atoms with Crippen LogP contribution in [0.1, 0.15) is 37.1 Å². The Morgan fingerprint density at radius 3 is 1.35 bits per heavy atom. The smallest absolute Gasteiger partial charge is 0.0297 e. The summed E-state index contributed by atoms with van der Waals surface area (Å²) in [6.45, 7) is 4.41. The Bertz CT molecular complexity index is 392. The quantitative estimate of drug-likeness (QED) is 0.826. The second-order valence-electron chi connectivity index (χ2n) is 4.43. The molecule has 0 heterocycles. The molecule has 1 nitrogen and oxygen atoms in total. The van der Waals surface area contributed by atoms with Gasteiger partial charge in [0.1, 0.15) is 0 Å². The van der Waals surface area contributed by atoms with Crippen molar-refractivity contribution < 1.29 is 0 Å². The molecule has 2 aromatic rings. The van der Waals surface area contributed by atoms with Crippen LogP contribution in [0.4, 0.5) is 0 Å². The first-order chi connectivity index (χ1) is 8.27. The van der Waals surface area contributed by atoms with Crippen molar-refractivity contribution in [3.63, 3.8) is 0 Å². The van der Waals surface area contributed by atoms with Crippen LogP contribution in [0.3, 0.4) is 0 Å². The fourth-order valence-electron chi connectivity index (χ4n) is 2.05. The largest absolute Gasteiger partial charge is 0.304 e. The van der Waals surface area contributed by atoms with Crippen LogP contribution in [-0.2, 0) is 0 Å². The maximum absolute atomic E-state index is 3.61. The molecule has 0 bridgehead atoms. The second-order valence-corrected chi connectivity index (χ2v) is 4.43. The zero-order chi connectivity index (χ0) is 12.1. The minimum absolute atomic E-state index is 0.367. The van der Waals surface area contributed by atoms with Crippen molar-refractivity contribution in [1.82, 2.24) is 5.32 Å². The number of benzene rings is 2. The van der Waals surface area contributed by atoms with E-state index in [-0.39, 0.29) is 0 Å². The molecule has 0 aromatic heterocycles. The van der Waals surface area contributed by atoms with Crippen LogP contribution in [0.2, 0.25) is 0 Å². The van der Waals surface area contributed by atoms with Crippen molar-refractivity contribution in [2.75, 3.05) is 0 Å². The Balaban J connectivity index is 2.02. The predicted octanol–water partition coefficient (Wildman–Crippen LogP) is 4.10. The minimum atomic E-state index is 0.367. The van der Waals surface area contributed by atoms with E-state index in [1.807, 2.05) is 0 Å². The molecule has 0 fully saturated rings. The van der Waals surface area contributed by atoms with Crippen molar-refractivity contribution in [3.05, 3.63) is 71.8 Å². The SMILES string of the molecule is CC(N[C@@H](C)c1ccccc1)c1ccccc1. The molecule has 1 heteroatoms. The van der Waals surface area contributed by atoms with E-state index >= 15 is 0 Å². The summed E-state index contributed by atoms with van der Waals surface area (Å²) in [6.07, 6.45) is 0. The number of hydrogen-bond acceptors (Lipinski definition) is 1. The van der Waals surface area contributed by atoms with Gasteiger partial charge in [0, 0.05) is 12.1 Å². The molecule has 1 N–H and O–H groups in total.